The molecule has 21 heavy (non-hydrogen) atoms. The standard InChI is InChI=1S/C14H23N3O3S/c1-4-7-15-13-6-5-8-16-14(13)21(18,19)17-9-12(3)20-10-11(17)2/h5-6,8,11-12,15H,4,7,9-10H2,1-3H3. The molecule has 118 valence electrons. The van der Waals surface area contributed by atoms with E-state index >= 15 is 0 Å². The van der Waals surface area contributed by atoms with Crippen LogP contribution in [0.15, 0.2) is 23.4 Å². The minimum absolute atomic E-state index is 0.0967. The lowest BCUT2D eigenvalue weighted by atomic mass is 10.2. The van der Waals surface area contributed by atoms with Gasteiger partial charge in [-0.05, 0) is 32.4 Å². The number of pyridine rings is 1. The SMILES string of the molecule is CCCNc1cccnc1S(=O)(=O)N1CC(C)OCC1C. The van der Waals surface area contributed by atoms with E-state index in [1.54, 1.807) is 12.1 Å². The molecule has 1 saturated heterocycles. The van der Waals surface area contributed by atoms with E-state index in [2.05, 4.69) is 10.3 Å². The van der Waals surface area contributed by atoms with Crippen molar-refractivity contribution in [1.29, 1.82) is 0 Å². The van der Waals surface area contributed by atoms with Crippen molar-refractivity contribution < 1.29 is 13.2 Å². The molecule has 0 amide bonds. The number of rotatable bonds is 5. The second-order valence-corrected chi connectivity index (χ2v) is 7.16. The second-order valence-electron chi connectivity index (χ2n) is 5.35. The Morgan fingerprint density at radius 1 is 1.48 bits per heavy atom. The van der Waals surface area contributed by atoms with Crippen LogP contribution in [0, 0.1) is 0 Å². The fraction of sp³-hybridized carbons (Fsp3) is 0.643. The van der Waals surface area contributed by atoms with Crippen LogP contribution in [0.5, 0.6) is 0 Å². The monoisotopic (exact) mass is 313 g/mol. The van der Waals surface area contributed by atoms with Gasteiger partial charge in [-0.15, -0.1) is 0 Å². The van der Waals surface area contributed by atoms with E-state index in [0.717, 1.165) is 6.42 Å². The highest BCUT2D eigenvalue weighted by molar-refractivity contribution is 7.89. The Morgan fingerprint density at radius 2 is 2.24 bits per heavy atom. The molecule has 1 N–H and O–H groups in total. The number of nitrogens with one attached hydrogen (secondary N) is 1. The summed E-state index contributed by atoms with van der Waals surface area (Å²) in [6.45, 7) is 7.24. The first-order valence-corrected chi connectivity index (χ1v) is 8.73. The number of ether oxygens (including phenoxy) is 1. The zero-order valence-corrected chi connectivity index (χ0v) is 13.6. The highest BCUT2D eigenvalue weighted by Crippen LogP contribution is 2.26. The van der Waals surface area contributed by atoms with E-state index in [1.807, 2.05) is 20.8 Å². The summed E-state index contributed by atoms with van der Waals surface area (Å²) in [5.41, 5.74) is 0.561. The van der Waals surface area contributed by atoms with Crippen molar-refractivity contribution in [2.45, 2.75) is 44.4 Å². The van der Waals surface area contributed by atoms with Gasteiger partial charge in [0.2, 0.25) is 0 Å². The van der Waals surface area contributed by atoms with Gasteiger partial charge in [0.05, 0.1) is 18.4 Å². The van der Waals surface area contributed by atoms with Gasteiger partial charge in [0.1, 0.15) is 0 Å². The Labute approximate surface area is 126 Å². The fourth-order valence-electron chi connectivity index (χ4n) is 2.31. The molecular formula is C14H23N3O3S. The summed E-state index contributed by atoms with van der Waals surface area (Å²) in [4.78, 5) is 4.11. The Morgan fingerprint density at radius 3 is 2.95 bits per heavy atom. The summed E-state index contributed by atoms with van der Waals surface area (Å²) >= 11 is 0. The predicted molar refractivity (Wildman–Crippen MR) is 81.8 cm³/mol. The van der Waals surface area contributed by atoms with E-state index in [0.29, 0.717) is 25.4 Å². The Kier molecular flexibility index (Phi) is 5.18. The third-order valence-corrected chi connectivity index (χ3v) is 5.38. The first-order chi connectivity index (χ1) is 9.96. The summed E-state index contributed by atoms with van der Waals surface area (Å²) in [5.74, 6) is 0. The Balaban J connectivity index is 2.34. The van der Waals surface area contributed by atoms with E-state index in [1.165, 1.54) is 10.5 Å². The van der Waals surface area contributed by atoms with Crippen LogP contribution in [0.4, 0.5) is 5.69 Å². The molecule has 1 aliphatic heterocycles. The summed E-state index contributed by atoms with van der Waals surface area (Å²) in [7, 11) is -3.63. The maximum absolute atomic E-state index is 12.9. The van der Waals surface area contributed by atoms with E-state index in [-0.39, 0.29) is 17.2 Å². The predicted octanol–water partition coefficient (Wildman–Crippen LogP) is 1.70. The third kappa shape index (κ3) is 3.53. The van der Waals surface area contributed by atoms with E-state index in [9.17, 15) is 8.42 Å². The largest absolute Gasteiger partial charge is 0.383 e. The lowest BCUT2D eigenvalue weighted by Crippen LogP contribution is -2.50. The number of hydrogen-bond acceptors (Lipinski definition) is 5. The van der Waals surface area contributed by atoms with Crippen LogP contribution in [0.2, 0.25) is 0 Å². The molecule has 1 aromatic heterocycles. The Hall–Kier alpha value is -1.18. The smallest absolute Gasteiger partial charge is 0.263 e. The van der Waals surface area contributed by atoms with Crippen LogP contribution >= 0.6 is 0 Å². The molecule has 0 spiro atoms. The molecule has 7 heteroatoms. The topological polar surface area (TPSA) is 71.5 Å². The van der Waals surface area contributed by atoms with Gasteiger partial charge in [-0.3, -0.25) is 0 Å². The van der Waals surface area contributed by atoms with Gasteiger partial charge in [0.25, 0.3) is 10.0 Å². The molecule has 1 aliphatic rings. The maximum atomic E-state index is 12.9. The third-order valence-electron chi connectivity index (χ3n) is 3.44. The molecule has 2 unspecified atom stereocenters. The van der Waals surface area contributed by atoms with Crippen LogP contribution in [0.25, 0.3) is 0 Å². The number of anilines is 1. The molecule has 1 fully saturated rings. The number of aromatic nitrogens is 1. The average molecular weight is 313 g/mol. The quantitative estimate of drug-likeness (QED) is 0.896. The molecule has 6 nitrogen and oxygen atoms in total. The van der Waals surface area contributed by atoms with E-state index in [4.69, 9.17) is 4.74 Å². The summed E-state index contributed by atoms with van der Waals surface area (Å²) in [6.07, 6.45) is 2.32. The number of morpholine rings is 1. The van der Waals surface area contributed by atoms with Gasteiger partial charge in [0, 0.05) is 25.3 Å². The van der Waals surface area contributed by atoms with Crippen molar-refractivity contribution >= 4 is 15.7 Å². The molecule has 0 radical (unpaired) electrons. The van der Waals surface area contributed by atoms with Gasteiger partial charge < -0.3 is 10.1 Å². The zero-order valence-electron chi connectivity index (χ0n) is 12.7. The molecule has 0 saturated carbocycles. The van der Waals surface area contributed by atoms with Crippen molar-refractivity contribution in [1.82, 2.24) is 9.29 Å². The van der Waals surface area contributed by atoms with Gasteiger partial charge in [-0.25, -0.2) is 13.4 Å². The minimum atomic E-state index is -3.63. The van der Waals surface area contributed by atoms with Crippen LogP contribution in [0.3, 0.4) is 0 Å². The van der Waals surface area contributed by atoms with Gasteiger partial charge >= 0.3 is 0 Å². The van der Waals surface area contributed by atoms with Gasteiger partial charge in [-0.1, -0.05) is 6.92 Å². The van der Waals surface area contributed by atoms with Crippen LogP contribution in [-0.4, -0.2) is 49.5 Å². The number of nitrogens with zero attached hydrogens (tertiary/aromatic N) is 2. The van der Waals surface area contributed by atoms with Gasteiger partial charge in [0.15, 0.2) is 5.03 Å². The van der Waals surface area contributed by atoms with Crippen LogP contribution in [-0.2, 0) is 14.8 Å². The summed E-state index contributed by atoms with van der Waals surface area (Å²) in [6, 6.07) is 3.30. The first kappa shape index (κ1) is 16.2. The lowest BCUT2D eigenvalue weighted by molar-refractivity contribution is -0.0171. The van der Waals surface area contributed by atoms with Crippen molar-refractivity contribution in [2.24, 2.45) is 0 Å². The minimum Gasteiger partial charge on any atom is -0.383 e. The molecule has 2 heterocycles. The Bertz CT molecular complexity index is 577. The fourth-order valence-corrected chi connectivity index (χ4v) is 4.08. The summed E-state index contributed by atoms with van der Waals surface area (Å²) < 4.78 is 32.8. The molecule has 2 atom stereocenters. The number of sulfonamides is 1. The molecule has 2 rings (SSSR count). The molecule has 0 aromatic carbocycles. The van der Waals surface area contributed by atoms with Crippen LogP contribution < -0.4 is 5.32 Å². The molecule has 0 aliphatic carbocycles. The average Bonchev–Trinajstić information content (AvgIpc) is 2.47. The maximum Gasteiger partial charge on any atom is 0.263 e. The summed E-state index contributed by atoms with van der Waals surface area (Å²) in [5, 5.41) is 3.23. The van der Waals surface area contributed by atoms with Crippen molar-refractivity contribution in [3.63, 3.8) is 0 Å². The highest BCUT2D eigenvalue weighted by Gasteiger charge is 2.36. The zero-order chi connectivity index (χ0) is 15.5. The highest BCUT2D eigenvalue weighted by atomic mass is 32.2. The first-order valence-electron chi connectivity index (χ1n) is 7.29. The van der Waals surface area contributed by atoms with Crippen molar-refractivity contribution in [3.05, 3.63) is 18.3 Å². The van der Waals surface area contributed by atoms with Crippen LogP contribution in [0.1, 0.15) is 27.2 Å². The number of hydrogen-bond donors (Lipinski definition) is 1. The van der Waals surface area contributed by atoms with Crippen molar-refractivity contribution in [3.8, 4) is 0 Å². The molecular weight excluding hydrogens is 290 g/mol. The molecule has 0 bridgehead atoms. The lowest BCUT2D eigenvalue weighted by Gasteiger charge is -2.35. The molecule has 1 aromatic rings. The van der Waals surface area contributed by atoms with Crippen molar-refractivity contribution in [2.75, 3.05) is 25.0 Å². The second kappa shape index (κ2) is 6.72. The van der Waals surface area contributed by atoms with Gasteiger partial charge in [-0.2, -0.15) is 4.31 Å². The normalized spacial score (nSPS) is 24.0. The van der Waals surface area contributed by atoms with E-state index < -0.39 is 10.0 Å².